The van der Waals surface area contributed by atoms with Gasteiger partial charge in [0, 0.05) is 22.6 Å². The number of aromatic nitrogens is 4. The third-order valence-electron chi connectivity index (χ3n) is 6.03. The zero-order valence-electron chi connectivity index (χ0n) is 16.0. The number of nitrogens with one attached hydrogen (secondary N) is 1. The van der Waals surface area contributed by atoms with Gasteiger partial charge in [0.2, 0.25) is 0 Å². The number of likely N-dealkylation sites (tertiary alicyclic amines) is 1. The van der Waals surface area contributed by atoms with Crippen LogP contribution in [-0.4, -0.2) is 43.5 Å². The molecule has 0 bridgehead atoms. The van der Waals surface area contributed by atoms with Crippen LogP contribution in [0.15, 0.2) is 29.9 Å². The van der Waals surface area contributed by atoms with Crippen molar-refractivity contribution < 1.29 is 9.18 Å². The van der Waals surface area contributed by atoms with E-state index in [-0.39, 0.29) is 11.0 Å². The zero-order valence-corrected chi connectivity index (χ0v) is 16.8. The molecule has 4 aromatic rings. The van der Waals surface area contributed by atoms with Gasteiger partial charge in [0.1, 0.15) is 22.0 Å². The van der Waals surface area contributed by atoms with Crippen LogP contribution in [0.25, 0.3) is 16.7 Å². The molecule has 1 saturated heterocycles. The van der Waals surface area contributed by atoms with Crippen molar-refractivity contribution in [2.24, 2.45) is 5.73 Å². The van der Waals surface area contributed by atoms with Gasteiger partial charge in [-0.15, -0.1) is 11.3 Å². The highest BCUT2D eigenvalue weighted by Crippen LogP contribution is 2.38. The number of fused-ring (bicyclic) bond motifs is 3. The van der Waals surface area contributed by atoms with Crippen molar-refractivity contribution in [3.05, 3.63) is 51.9 Å². The number of H-pyrrole nitrogens is 1. The average Bonchev–Trinajstić information content (AvgIpc) is 3.39. The largest absolute Gasteiger partial charge is 0.366 e. The number of aromatic amines is 1. The summed E-state index contributed by atoms with van der Waals surface area (Å²) in [5.41, 5.74) is 8.46. The number of primary amides is 1. The lowest BCUT2D eigenvalue weighted by Gasteiger charge is -2.38. The van der Waals surface area contributed by atoms with Crippen molar-refractivity contribution in [3.63, 3.8) is 0 Å². The molecule has 7 nitrogen and oxygen atoms in total. The minimum atomic E-state index is -0.672. The fraction of sp³-hybridized carbons (Fsp3) is 0.350. The molecule has 5 rings (SSSR count). The molecule has 0 unspecified atom stereocenters. The zero-order chi connectivity index (χ0) is 20.2. The summed E-state index contributed by atoms with van der Waals surface area (Å²) in [5, 5.41) is 7.66. The van der Waals surface area contributed by atoms with Gasteiger partial charge >= 0.3 is 0 Å². The molecule has 0 radical (unpaired) electrons. The van der Waals surface area contributed by atoms with Gasteiger partial charge in [-0.2, -0.15) is 5.10 Å². The smallest absolute Gasteiger partial charge is 0.251 e. The molecule has 9 heteroatoms. The predicted molar refractivity (Wildman–Crippen MR) is 110 cm³/mol. The number of hydrogen-bond donors (Lipinski definition) is 2. The van der Waals surface area contributed by atoms with E-state index < -0.39 is 11.7 Å². The van der Waals surface area contributed by atoms with E-state index in [4.69, 9.17) is 5.73 Å². The summed E-state index contributed by atoms with van der Waals surface area (Å²) in [6.07, 6.45) is 5.66. The SMILES string of the molecule is CC1(c2cnn3c2[nH]c2cc(F)cc(C(N)=O)c23)CCN(Cc2nccs2)CC1. The maximum absolute atomic E-state index is 14.0. The Bertz CT molecular complexity index is 1200. The predicted octanol–water partition coefficient (Wildman–Crippen LogP) is 3.06. The van der Waals surface area contributed by atoms with Crippen LogP contribution in [0.2, 0.25) is 0 Å². The van der Waals surface area contributed by atoms with Gasteiger partial charge in [0.15, 0.2) is 0 Å². The number of thiazole rings is 1. The molecule has 3 aromatic heterocycles. The molecule has 0 aliphatic carbocycles. The molecule has 1 fully saturated rings. The second-order valence-corrected chi connectivity index (χ2v) is 8.90. The lowest BCUT2D eigenvalue weighted by Crippen LogP contribution is -2.40. The van der Waals surface area contributed by atoms with Crippen molar-refractivity contribution in [2.45, 2.75) is 31.7 Å². The van der Waals surface area contributed by atoms with E-state index in [1.165, 1.54) is 6.07 Å². The van der Waals surface area contributed by atoms with Gasteiger partial charge < -0.3 is 10.7 Å². The summed E-state index contributed by atoms with van der Waals surface area (Å²) in [6.45, 7) is 5.06. The van der Waals surface area contributed by atoms with Crippen LogP contribution < -0.4 is 5.73 Å². The third-order valence-corrected chi connectivity index (χ3v) is 6.79. The molecule has 150 valence electrons. The Labute approximate surface area is 170 Å². The highest BCUT2D eigenvalue weighted by Gasteiger charge is 2.35. The molecule has 1 amide bonds. The number of imidazole rings is 1. The molecule has 0 saturated carbocycles. The number of nitrogens with two attached hydrogens (primary N) is 1. The Kier molecular flexibility index (Phi) is 4.18. The van der Waals surface area contributed by atoms with Gasteiger partial charge in [-0.3, -0.25) is 9.69 Å². The minimum absolute atomic E-state index is 0.0621. The molecule has 1 aliphatic rings. The molecular formula is C20H21FN6OS. The number of nitrogens with zero attached hydrogens (tertiary/aromatic N) is 4. The second kappa shape index (κ2) is 6.64. The van der Waals surface area contributed by atoms with Crippen molar-refractivity contribution >= 4 is 33.9 Å². The van der Waals surface area contributed by atoms with Crippen LogP contribution in [0.5, 0.6) is 0 Å². The van der Waals surface area contributed by atoms with E-state index in [0.29, 0.717) is 11.0 Å². The van der Waals surface area contributed by atoms with Crippen LogP contribution in [0.1, 0.15) is 40.7 Å². The lowest BCUT2D eigenvalue weighted by atomic mass is 9.75. The second-order valence-electron chi connectivity index (χ2n) is 7.92. The monoisotopic (exact) mass is 412 g/mol. The van der Waals surface area contributed by atoms with E-state index in [1.54, 1.807) is 15.9 Å². The number of amides is 1. The standard InChI is InChI=1S/C20H21FN6OS/c1-20(2-5-26(6-3-20)11-16-23-4-7-29-16)14-10-24-27-17-13(18(22)28)8-12(21)9-15(17)25-19(14)27/h4,7-10,25H,2-3,5-6,11H2,1H3,(H2,22,28). The Morgan fingerprint density at radius 2 is 2.17 bits per heavy atom. The molecule has 0 atom stereocenters. The van der Waals surface area contributed by atoms with Crippen molar-refractivity contribution in [1.82, 2.24) is 24.5 Å². The molecule has 0 spiro atoms. The van der Waals surface area contributed by atoms with Crippen LogP contribution in [0, 0.1) is 5.82 Å². The summed E-state index contributed by atoms with van der Waals surface area (Å²) in [6, 6.07) is 2.54. The fourth-order valence-electron chi connectivity index (χ4n) is 4.31. The molecule has 3 N–H and O–H groups in total. The number of benzene rings is 1. The van der Waals surface area contributed by atoms with Crippen LogP contribution in [-0.2, 0) is 12.0 Å². The Morgan fingerprint density at radius 1 is 1.38 bits per heavy atom. The van der Waals surface area contributed by atoms with Gasteiger partial charge in [-0.05, 0) is 38.1 Å². The summed E-state index contributed by atoms with van der Waals surface area (Å²) in [5.74, 6) is -1.17. The number of rotatable bonds is 4. The molecule has 4 heterocycles. The number of carbonyl (C=O) groups is 1. The van der Waals surface area contributed by atoms with Crippen LogP contribution in [0.3, 0.4) is 0 Å². The van der Waals surface area contributed by atoms with E-state index in [0.717, 1.165) is 54.8 Å². The first-order valence-corrected chi connectivity index (χ1v) is 10.4. The number of carbonyl (C=O) groups excluding carboxylic acids is 1. The fourth-order valence-corrected chi connectivity index (χ4v) is 4.97. The average molecular weight is 412 g/mol. The van der Waals surface area contributed by atoms with Gasteiger partial charge in [0.25, 0.3) is 5.91 Å². The first-order valence-electron chi connectivity index (χ1n) is 9.54. The lowest BCUT2D eigenvalue weighted by molar-refractivity contribution is 0.100. The number of halogens is 1. The van der Waals surface area contributed by atoms with Crippen molar-refractivity contribution in [1.29, 1.82) is 0 Å². The Hall–Kier alpha value is -2.78. The minimum Gasteiger partial charge on any atom is -0.366 e. The van der Waals surface area contributed by atoms with Gasteiger partial charge in [-0.25, -0.2) is 13.9 Å². The van der Waals surface area contributed by atoms with Crippen molar-refractivity contribution in [2.75, 3.05) is 13.1 Å². The van der Waals surface area contributed by atoms with Crippen LogP contribution in [0.4, 0.5) is 4.39 Å². The maximum Gasteiger partial charge on any atom is 0.251 e. The van der Waals surface area contributed by atoms with Gasteiger partial charge in [0.05, 0.1) is 23.8 Å². The van der Waals surface area contributed by atoms with Crippen molar-refractivity contribution in [3.8, 4) is 0 Å². The molecular weight excluding hydrogens is 391 g/mol. The van der Waals surface area contributed by atoms with E-state index >= 15 is 0 Å². The summed E-state index contributed by atoms with van der Waals surface area (Å²) < 4.78 is 15.6. The molecule has 1 aromatic carbocycles. The quantitative estimate of drug-likeness (QED) is 0.539. The highest BCUT2D eigenvalue weighted by molar-refractivity contribution is 7.09. The summed E-state index contributed by atoms with van der Waals surface area (Å²) >= 11 is 1.68. The van der Waals surface area contributed by atoms with E-state index in [9.17, 15) is 9.18 Å². The molecule has 29 heavy (non-hydrogen) atoms. The number of piperidine rings is 1. The normalized spacial score (nSPS) is 17.3. The Morgan fingerprint density at radius 3 is 2.86 bits per heavy atom. The summed E-state index contributed by atoms with van der Waals surface area (Å²) in [4.78, 5) is 21.9. The first-order chi connectivity index (χ1) is 13.9. The van der Waals surface area contributed by atoms with Crippen LogP contribution >= 0.6 is 11.3 Å². The van der Waals surface area contributed by atoms with E-state index in [1.807, 2.05) is 17.8 Å². The topological polar surface area (TPSA) is 92.3 Å². The van der Waals surface area contributed by atoms with Gasteiger partial charge in [-0.1, -0.05) is 6.92 Å². The molecule has 1 aliphatic heterocycles. The highest BCUT2D eigenvalue weighted by atomic mass is 32.1. The summed E-state index contributed by atoms with van der Waals surface area (Å²) in [7, 11) is 0. The Balaban J connectivity index is 1.49. The number of hydrogen-bond acceptors (Lipinski definition) is 5. The third kappa shape index (κ3) is 3.01. The van der Waals surface area contributed by atoms with E-state index in [2.05, 4.69) is 26.9 Å². The first kappa shape index (κ1) is 18.3. The maximum atomic E-state index is 14.0.